The van der Waals surface area contributed by atoms with E-state index >= 15 is 0 Å². The van der Waals surface area contributed by atoms with E-state index in [1.807, 2.05) is 31.2 Å². The number of hydrogen-bond donors (Lipinski definition) is 2. The maximum absolute atomic E-state index is 12.0. The molecule has 0 radical (unpaired) electrons. The number of sulfonamides is 1. The molecule has 0 amide bonds. The fourth-order valence-corrected chi connectivity index (χ4v) is 4.14. The molecule has 4 nitrogen and oxygen atoms in total. The highest BCUT2D eigenvalue weighted by Crippen LogP contribution is 2.25. The molecule has 1 aromatic carbocycles. The van der Waals surface area contributed by atoms with Gasteiger partial charge in [0.1, 0.15) is 0 Å². The van der Waals surface area contributed by atoms with Gasteiger partial charge in [-0.05, 0) is 36.8 Å². The summed E-state index contributed by atoms with van der Waals surface area (Å²) in [5.74, 6) is 0.609. The van der Waals surface area contributed by atoms with Gasteiger partial charge in [-0.2, -0.15) is 0 Å². The molecule has 3 N–H and O–H groups in total. The van der Waals surface area contributed by atoms with E-state index in [2.05, 4.69) is 4.72 Å². The van der Waals surface area contributed by atoms with Gasteiger partial charge in [0.05, 0.1) is 5.75 Å². The van der Waals surface area contributed by atoms with Crippen molar-refractivity contribution in [1.29, 1.82) is 0 Å². The molecule has 0 heterocycles. The Bertz CT molecular complexity index is 517. The van der Waals surface area contributed by atoms with Crippen LogP contribution in [0.25, 0.3) is 0 Å². The molecular formula is C15H24N2O2S. The van der Waals surface area contributed by atoms with Crippen molar-refractivity contribution in [2.75, 3.05) is 5.75 Å². The third-order valence-corrected chi connectivity index (χ3v) is 5.43. The summed E-state index contributed by atoms with van der Waals surface area (Å²) < 4.78 is 26.7. The van der Waals surface area contributed by atoms with Crippen LogP contribution in [0.4, 0.5) is 0 Å². The number of rotatable bonds is 6. The van der Waals surface area contributed by atoms with Gasteiger partial charge in [0, 0.05) is 12.6 Å². The van der Waals surface area contributed by atoms with Gasteiger partial charge in [-0.25, -0.2) is 13.1 Å². The first-order valence-electron chi connectivity index (χ1n) is 7.28. The molecule has 5 heteroatoms. The molecule has 2 rings (SSSR count). The fourth-order valence-electron chi connectivity index (χ4n) is 2.68. The van der Waals surface area contributed by atoms with Crippen molar-refractivity contribution in [3.05, 3.63) is 35.4 Å². The first-order valence-corrected chi connectivity index (χ1v) is 8.93. The standard InChI is InChI=1S/C15H24N2O2S/c1-12(16)15-8-6-13(7-9-15)10-17-20(18,19)11-14-4-2-3-5-14/h6-9,12,14,17H,2-5,10-11,16H2,1H3. The van der Waals surface area contributed by atoms with Crippen molar-refractivity contribution in [1.82, 2.24) is 4.72 Å². The van der Waals surface area contributed by atoms with Crippen LogP contribution in [0.5, 0.6) is 0 Å². The van der Waals surface area contributed by atoms with Crippen molar-refractivity contribution < 1.29 is 8.42 Å². The molecule has 1 saturated carbocycles. The largest absolute Gasteiger partial charge is 0.324 e. The average Bonchev–Trinajstić information content (AvgIpc) is 2.89. The summed E-state index contributed by atoms with van der Waals surface area (Å²) in [5.41, 5.74) is 7.81. The quantitative estimate of drug-likeness (QED) is 0.846. The molecule has 1 aliphatic carbocycles. The van der Waals surface area contributed by atoms with Gasteiger partial charge in [-0.1, -0.05) is 37.1 Å². The minimum atomic E-state index is -3.16. The first-order chi connectivity index (χ1) is 9.46. The SMILES string of the molecule is CC(N)c1ccc(CNS(=O)(=O)CC2CCCC2)cc1. The summed E-state index contributed by atoms with van der Waals surface area (Å²) in [5, 5.41) is 0. The van der Waals surface area contributed by atoms with Crippen molar-refractivity contribution in [2.45, 2.75) is 45.2 Å². The Kier molecular flexibility index (Phi) is 5.18. The number of hydrogen-bond acceptors (Lipinski definition) is 3. The van der Waals surface area contributed by atoms with Crippen molar-refractivity contribution in [3.8, 4) is 0 Å². The van der Waals surface area contributed by atoms with Gasteiger partial charge >= 0.3 is 0 Å². The van der Waals surface area contributed by atoms with E-state index in [0.29, 0.717) is 12.5 Å². The van der Waals surface area contributed by atoms with E-state index < -0.39 is 10.0 Å². The lowest BCUT2D eigenvalue weighted by Crippen LogP contribution is -2.28. The Morgan fingerprint density at radius 3 is 2.40 bits per heavy atom. The van der Waals surface area contributed by atoms with Gasteiger partial charge in [0.2, 0.25) is 10.0 Å². The molecule has 0 spiro atoms. The van der Waals surface area contributed by atoms with E-state index in [1.165, 1.54) is 12.8 Å². The second-order valence-corrected chi connectivity index (χ2v) is 7.63. The average molecular weight is 296 g/mol. The van der Waals surface area contributed by atoms with Gasteiger partial charge in [-0.15, -0.1) is 0 Å². The molecule has 0 aliphatic heterocycles. The summed E-state index contributed by atoms with van der Waals surface area (Å²) in [7, 11) is -3.16. The van der Waals surface area contributed by atoms with Gasteiger partial charge in [-0.3, -0.25) is 0 Å². The van der Waals surface area contributed by atoms with E-state index in [1.54, 1.807) is 0 Å². The number of benzene rings is 1. The molecule has 0 saturated heterocycles. The molecule has 112 valence electrons. The Morgan fingerprint density at radius 2 is 1.85 bits per heavy atom. The Morgan fingerprint density at radius 1 is 1.25 bits per heavy atom. The Labute approximate surface area is 121 Å². The highest BCUT2D eigenvalue weighted by Gasteiger charge is 2.22. The molecule has 1 fully saturated rings. The van der Waals surface area contributed by atoms with Gasteiger partial charge in [0.15, 0.2) is 0 Å². The highest BCUT2D eigenvalue weighted by molar-refractivity contribution is 7.89. The lowest BCUT2D eigenvalue weighted by molar-refractivity contribution is 0.547. The van der Waals surface area contributed by atoms with Crippen LogP contribution in [-0.4, -0.2) is 14.2 Å². The van der Waals surface area contributed by atoms with Crippen LogP contribution in [-0.2, 0) is 16.6 Å². The van der Waals surface area contributed by atoms with Gasteiger partial charge in [0.25, 0.3) is 0 Å². The van der Waals surface area contributed by atoms with E-state index in [-0.39, 0.29) is 11.8 Å². The van der Waals surface area contributed by atoms with E-state index in [4.69, 9.17) is 5.73 Å². The summed E-state index contributed by atoms with van der Waals surface area (Å²) in [6.07, 6.45) is 4.42. The van der Waals surface area contributed by atoms with Crippen LogP contribution in [0.15, 0.2) is 24.3 Å². The molecule has 0 aromatic heterocycles. The minimum Gasteiger partial charge on any atom is -0.324 e. The minimum absolute atomic E-state index is 0.00288. The zero-order chi connectivity index (χ0) is 14.6. The summed E-state index contributed by atoms with van der Waals surface area (Å²) in [6.45, 7) is 2.29. The number of nitrogens with one attached hydrogen (secondary N) is 1. The molecular weight excluding hydrogens is 272 g/mol. The normalized spacial score (nSPS) is 18.3. The molecule has 1 aromatic rings. The van der Waals surface area contributed by atoms with Crippen LogP contribution in [0, 0.1) is 5.92 Å². The predicted molar refractivity (Wildman–Crippen MR) is 81.6 cm³/mol. The third kappa shape index (κ3) is 4.58. The zero-order valence-corrected chi connectivity index (χ0v) is 12.8. The Balaban J connectivity index is 1.87. The maximum atomic E-state index is 12.0. The molecule has 0 bridgehead atoms. The van der Waals surface area contributed by atoms with Crippen LogP contribution in [0.3, 0.4) is 0 Å². The fraction of sp³-hybridized carbons (Fsp3) is 0.600. The topological polar surface area (TPSA) is 72.2 Å². The second kappa shape index (κ2) is 6.70. The summed E-state index contributed by atoms with van der Waals surface area (Å²) in [4.78, 5) is 0. The molecule has 1 atom stereocenters. The summed E-state index contributed by atoms with van der Waals surface area (Å²) in [6, 6.07) is 7.76. The first kappa shape index (κ1) is 15.5. The lowest BCUT2D eigenvalue weighted by atomic mass is 10.1. The van der Waals surface area contributed by atoms with E-state index in [0.717, 1.165) is 24.0 Å². The maximum Gasteiger partial charge on any atom is 0.212 e. The second-order valence-electron chi connectivity index (χ2n) is 5.78. The zero-order valence-electron chi connectivity index (χ0n) is 12.0. The van der Waals surface area contributed by atoms with E-state index in [9.17, 15) is 8.42 Å². The van der Waals surface area contributed by atoms with Crippen LogP contribution in [0.1, 0.15) is 49.8 Å². The lowest BCUT2D eigenvalue weighted by Gasteiger charge is -2.12. The number of nitrogens with two attached hydrogens (primary N) is 1. The highest BCUT2D eigenvalue weighted by atomic mass is 32.2. The molecule has 20 heavy (non-hydrogen) atoms. The molecule has 1 aliphatic rings. The van der Waals surface area contributed by atoms with Crippen LogP contribution in [0.2, 0.25) is 0 Å². The van der Waals surface area contributed by atoms with Crippen molar-refractivity contribution in [2.24, 2.45) is 11.7 Å². The van der Waals surface area contributed by atoms with Crippen LogP contribution < -0.4 is 10.5 Å². The molecule has 1 unspecified atom stereocenters. The Hall–Kier alpha value is -0.910. The smallest absolute Gasteiger partial charge is 0.212 e. The third-order valence-electron chi connectivity index (χ3n) is 3.93. The van der Waals surface area contributed by atoms with Crippen molar-refractivity contribution in [3.63, 3.8) is 0 Å². The summed E-state index contributed by atoms with van der Waals surface area (Å²) >= 11 is 0. The van der Waals surface area contributed by atoms with Gasteiger partial charge < -0.3 is 5.73 Å². The predicted octanol–water partition coefficient (Wildman–Crippen LogP) is 2.32. The van der Waals surface area contributed by atoms with Crippen molar-refractivity contribution >= 4 is 10.0 Å². The monoisotopic (exact) mass is 296 g/mol. The van der Waals surface area contributed by atoms with Crippen LogP contribution >= 0.6 is 0 Å².